The Hall–Kier alpha value is -0.570. The van der Waals surface area contributed by atoms with E-state index in [9.17, 15) is 4.79 Å². The standard InChI is InChI=1S/C13H26N2O/c1-11(2)10-15(13(16)9-14-3)12-7-5-4-6-8-12/h11-12,14H,4-10H2,1-3H3. The van der Waals surface area contributed by atoms with Gasteiger partial charge >= 0.3 is 0 Å². The molecule has 0 radical (unpaired) electrons. The fourth-order valence-electron chi connectivity index (χ4n) is 2.49. The van der Waals surface area contributed by atoms with Crippen molar-refractivity contribution in [1.29, 1.82) is 0 Å². The fourth-order valence-corrected chi connectivity index (χ4v) is 2.49. The van der Waals surface area contributed by atoms with E-state index >= 15 is 0 Å². The molecule has 3 nitrogen and oxygen atoms in total. The number of carbonyl (C=O) groups is 1. The molecule has 1 amide bonds. The largest absolute Gasteiger partial charge is 0.338 e. The van der Waals surface area contributed by atoms with Gasteiger partial charge in [0.2, 0.25) is 5.91 Å². The molecular formula is C13H26N2O. The van der Waals surface area contributed by atoms with Gasteiger partial charge in [-0.25, -0.2) is 0 Å². The Kier molecular flexibility index (Phi) is 5.81. The van der Waals surface area contributed by atoms with Gasteiger partial charge in [-0.2, -0.15) is 0 Å². The summed E-state index contributed by atoms with van der Waals surface area (Å²) in [5.41, 5.74) is 0. The van der Waals surface area contributed by atoms with Crippen LogP contribution in [0.15, 0.2) is 0 Å². The van der Waals surface area contributed by atoms with Crippen LogP contribution in [0, 0.1) is 5.92 Å². The SMILES string of the molecule is CNCC(=O)N(CC(C)C)C1CCCCC1. The monoisotopic (exact) mass is 226 g/mol. The molecule has 3 heteroatoms. The van der Waals surface area contributed by atoms with Gasteiger partial charge in [-0.1, -0.05) is 33.1 Å². The second-order valence-electron chi connectivity index (χ2n) is 5.26. The molecule has 1 saturated carbocycles. The molecule has 1 fully saturated rings. The molecule has 1 rings (SSSR count). The lowest BCUT2D eigenvalue weighted by molar-refractivity contribution is -0.133. The van der Waals surface area contributed by atoms with Crippen molar-refractivity contribution < 1.29 is 4.79 Å². The van der Waals surface area contributed by atoms with Gasteiger partial charge in [0, 0.05) is 12.6 Å². The highest BCUT2D eigenvalue weighted by atomic mass is 16.2. The summed E-state index contributed by atoms with van der Waals surface area (Å²) in [4.78, 5) is 14.2. The average molecular weight is 226 g/mol. The minimum Gasteiger partial charge on any atom is -0.338 e. The molecule has 0 aromatic heterocycles. The fraction of sp³-hybridized carbons (Fsp3) is 0.923. The normalized spacial score (nSPS) is 17.8. The van der Waals surface area contributed by atoms with E-state index in [0.717, 1.165) is 6.54 Å². The molecule has 1 N–H and O–H groups in total. The van der Waals surface area contributed by atoms with Gasteiger partial charge < -0.3 is 10.2 Å². The molecule has 1 aliphatic rings. The summed E-state index contributed by atoms with van der Waals surface area (Å²) in [6.45, 7) is 5.75. The van der Waals surface area contributed by atoms with Crippen LogP contribution in [0.3, 0.4) is 0 Å². The highest BCUT2D eigenvalue weighted by molar-refractivity contribution is 5.78. The van der Waals surface area contributed by atoms with E-state index in [1.165, 1.54) is 32.1 Å². The van der Waals surface area contributed by atoms with Crippen LogP contribution in [0.25, 0.3) is 0 Å². The number of nitrogens with zero attached hydrogens (tertiary/aromatic N) is 1. The zero-order valence-electron chi connectivity index (χ0n) is 11.0. The predicted octanol–water partition coefficient (Wildman–Crippen LogP) is 2.02. The minimum absolute atomic E-state index is 0.267. The van der Waals surface area contributed by atoms with Gasteiger partial charge in [-0.05, 0) is 25.8 Å². The molecule has 94 valence electrons. The first-order chi connectivity index (χ1) is 7.65. The highest BCUT2D eigenvalue weighted by Gasteiger charge is 2.25. The number of hydrogen-bond acceptors (Lipinski definition) is 2. The molecule has 0 unspecified atom stereocenters. The van der Waals surface area contributed by atoms with E-state index in [1.54, 1.807) is 0 Å². The van der Waals surface area contributed by atoms with Gasteiger partial charge in [-0.3, -0.25) is 4.79 Å². The van der Waals surface area contributed by atoms with Gasteiger partial charge in [0.15, 0.2) is 0 Å². The Balaban J connectivity index is 2.57. The topological polar surface area (TPSA) is 32.3 Å². The van der Waals surface area contributed by atoms with Crippen molar-refractivity contribution in [2.45, 2.75) is 52.0 Å². The lowest BCUT2D eigenvalue weighted by Crippen LogP contribution is -2.46. The molecule has 0 spiro atoms. The van der Waals surface area contributed by atoms with E-state index in [0.29, 0.717) is 18.5 Å². The Bertz CT molecular complexity index is 210. The maximum absolute atomic E-state index is 12.0. The summed E-state index contributed by atoms with van der Waals surface area (Å²) in [7, 11) is 1.84. The predicted molar refractivity (Wildman–Crippen MR) is 67.4 cm³/mol. The number of hydrogen-bond donors (Lipinski definition) is 1. The van der Waals surface area contributed by atoms with Gasteiger partial charge in [-0.15, -0.1) is 0 Å². The number of rotatable bonds is 5. The molecule has 0 atom stereocenters. The molecule has 16 heavy (non-hydrogen) atoms. The summed E-state index contributed by atoms with van der Waals surface area (Å²) >= 11 is 0. The molecule has 0 aromatic rings. The first-order valence-electron chi connectivity index (χ1n) is 6.59. The van der Waals surface area contributed by atoms with Crippen molar-refractivity contribution in [2.75, 3.05) is 20.1 Å². The number of carbonyl (C=O) groups excluding carboxylic acids is 1. The summed E-state index contributed by atoms with van der Waals surface area (Å²) in [5, 5.41) is 2.97. The summed E-state index contributed by atoms with van der Waals surface area (Å²) < 4.78 is 0. The van der Waals surface area contributed by atoms with Crippen molar-refractivity contribution >= 4 is 5.91 Å². The van der Waals surface area contributed by atoms with Gasteiger partial charge in [0.05, 0.1) is 6.54 Å². The van der Waals surface area contributed by atoms with Crippen molar-refractivity contribution in [1.82, 2.24) is 10.2 Å². The Morgan fingerprint density at radius 1 is 1.31 bits per heavy atom. The number of nitrogens with one attached hydrogen (secondary N) is 1. The molecule has 1 aliphatic carbocycles. The van der Waals surface area contributed by atoms with E-state index in [2.05, 4.69) is 24.1 Å². The van der Waals surface area contributed by atoms with Crippen molar-refractivity contribution in [3.8, 4) is 0 Å². The van der Waals surface area contributed by atoms with Gasteiger partial charge in [0.1, 0.15) is 0 Å². The Morgan fingerprint density at radius 2 is 1.94 bits per heavy atom. The second kappa shape index (κ2) is 6.89. The smallest absolute Gasteiger partial charge is 0.236 e. The second-order valence-corrected chi connectivity index (χ2v) is 5.26. The lowest BCUT2D eigenvalue weighted by atomic mass is 9.93. The van der Waals surface area contributed by atoms with E-state index in [1.807, 2.05) is 7.05 Å². The summed E-state index contributed by atoms with van der Waals surface area (Å²) in [6.07, 6.45) is 6.30. The highest BCUT2D eigenvalue weighted by Crippen LogP contribution is 2.23. The third-order valence-corrected chi connectivity index (χ3v) is 3.23. The Morgan fingerprint density at radius 3 is 2.44 bits per heavy atom. The lowest BCUT2D eigenvalue weighted by Gasteiger charge is -2.35. The third-order valence-electron chi connectivity index (χ3n) is 3.23. The van der Waals surface area contributed by atoms with Crippen LogP contribution >= 0.6 is 0 Å². The van der Waals surface area contributed by atoms with E-state index in [4.69, 9.17) is 0 Å². The average Bonchev–Trinajstić information content (AvgIpc) is 2.27. The quantitative estimate of drug-likeness (QED) is 0.778. The molecule has 0 aliphatic heterocycles. The first kappa shape index (κ1) is 13.5. The summed E-state index contributed by atoms with van der Waals surface area (Å²) in [6, 6.07) is 0.497. The Labute approximate surface area is 99.6 Å². The van der Waals surface area contributed by atoms with Crippen molar-refractivity contribution in [3.63, 3.8) is 0 Å². The van der Waals surface area contributed by atoms with Crippen LogP contribution in [0.4, 0.5) is 0 Å². The number of likely N-dealkylation sites (N-methyl/N-ethyl adjacent to an activating group) is 1. The summed E-state index contributed by atoms with van der Waals surface area (Å²) in [5.74, 6) is 0.825. The third kappa shape index (κ3) is 4.12. The molecule has 0 bridgehead atoms. The van der Waals surface area contributed by atoms with Gasteiger partial charge in [0.25, 0.3) is 0 Å². The molecular weight excluding hydrogens is 200 g/mol. The number of amides is 1. The van der Waals surface area contributed by atoms with Crippen molar-refractivity contribution in [3.05, 3.63) is 0 Å². The van der Waals surface area contributed by atoms with Crippen LogP contribution < -0.4 is 5.32 Å². The van der Waals surface area contributed by atoms with Crippen molar-refractivity contribution in [2.24, 2.45) is 5.92 Å². The molecule has 0 aromatic carbocycles. The first-order valence-corrected chi connectivity index (χ1v) is 6.59. The van der Waals surface area contributed by atoms with E-state index < -0.39 is 0 Å². The van der Waals surface area contributed by atoms with Crippen LogP contribution in [0.5, 0.6) is 0 Å². The molecule has 0 heterocycles. The maximum atomic E-state index is 12.0. The minimum atomic E-state index is 0.267. The maximum Gasteiger partial charge on any atom is 0.236 e. The van der Waals surface area contributed by atoms with Crippen LogP contribution in [0.2, 0.25) is 0 Å². The van der Waals surface area contributed by atoms with Crippen LogP contribution in [0.1, 0.15) is 46.0 Å². The van der Waals surface area contributed by atoms with Crippen LogP contribution in [-0.2, 0) is 4.79 Å². The van der Waals surface area contributed by atoms with Crippen LogP contribution in [-0.4, -0.2) is 37.0 Å². The van der Waals surface area contributed by atoms with E-state index in [-0.39, 0.29) is 5.91 Å². The zero-order chi connectivity index (χ0) is 12.0. The zero-order valence-corrected chi connectivity index (χ0v) is 11.0. The molecule has 0 saturated heterocycles.